The van der Waals surface area contributed by atoms with Crippen LogP contribution in [0.4, 0.5) is 0 Å². The first-order valence-corrected chi connectivity index (χ1v) is 11.2. The number of nitrogens with zero attached hydrogens (tertiary/aromatic N) is 2. The van der Waals surface area contributed by atoms with E-state index in [9.17, 15) is 4.79 Å². The predicted molar refractivity (Wildman–Crippen MR) is 108 cm³/mol. The van der Waals surface area contributed by atoms with Crippen LogP contribution in [0.5, 0.6) is 0 Å². The van der Waals surface area contributed by atoms with Gasteiger partial charge in [0.1, 0.15) is 0 Å². The van der Waals surface area contributed by atoms with E-state index in [-0.39, 0.29) is 11.5 Å². The van der Waals surface area contributed by atoms with E-state index in [1.807, 2.05) is 18.5 Å². The molecule has 148 valence electrons. The normalized spacial score (nSPS) is 32.4. The maximum Gasteiger partial charge on any atom is 0.220 e. The van der Waals surface area contributed by atoms with Crippen LogP contribution in [0.15, 0.2) is 17.7 Å². The van der Waals surface area contributed by atoms with Crippen LogP contribution in [0.25, 0.3) is 0 Å². The lowest BCUT2D eigenvalue weighted by Gasteiger charge is -2.29. The van der Waals surface area contributed by atoms with Gasteiger partial charge in [0.2, 0.25) is 5.91 Å². The summed E-state index contributed by atoms with van der Waals surface area (Å²) >= 11 is 1.75. The number of unbranched alkanes of at least 4 members (excludes halogenated alkanes) is 1. The van der Waals surface area contributed by atoms with Crippen LogP contribution in [0.2, 0.25) is 0 Å². The van der Waals surface area contributed by atoms with Gasteiger partial charge < -0.3 is 10.1 Å². The summed E-state index contributed by atoms with van der Waals surface area (Å²) in [5.41, 5.74) is 3.13. The van der Waals surface area contributed by atoms with Gasteiger partial charge >= 0.3 is 0 Å². The van der Waals surface area contributed by atoms with Crippen molar-refractivity contribution in [2.45, 2.75) is 64.2 Å². The number of thiazole rings is 1. The summed E-state index contributed by atoms with van der Waals surface area (Å²) in [5.74, 6) is 1.20. The molecule has 4 rings (SSSR count). The van der Waals surface area contributed by atoms with E-state index in [4.69, 9.17) is 4.74 Å². The third kappa shape index (κ3) is 3.84. The molecule has 1 amide bonds. The molecule has 3 aliphatic heterocycles. The van der Waals surface area contributed by atoms with Crippen molar-refractivity contribution in [2.75, 3.05) is 19.6 Å². The number of likely N-dealkylation sites (tertiary alicyclic amines) is 1. The van der Waals surface area contributed by atoms with E-state index in [0.717, 1.165) is 51.1 Å². The fraction of sp³-hybridized carbons (Fsp3) is 0.714. The highest BCUT2D eigenvalue weighted by Gasteiger charge is 2.62. The van der Waals surface area contributed by atoms with E-state index in [1.54, 1.807) is 11.3 Å². The van der Waals surface area contributed by atoms with Crippen molar-refractivity contribution in [2.24, 2.45) is 11.8 Å². The molecular weight excluding hydrogens is 358 g/mol. The van der Waals surface area contributed by atoms with Crippen LogP contribution in [0.3, 0.4) is 0 Å². The third-order valence-corrected chi connectivity index (χ3v) is 7.53. The van der Waals surface area contributed by atoms with Crippen LogP contribution in [-0.2, 0) is 16.1 Å². The molecule has 0 aromatic carbocycles. The summed E-state index contributed by atoms with van der Waals surface area (Å²) < 4.78 is 6.51. The maximum atomic E-state index is 12.2. The number of carbonyl (C=O) groups excluding carboxylic acids is 1. The van der Waals surface area contributed by atoms with Crippen molar-refractivity contribution in [3.05, 3.63) is 28.2 Å². The highest BCUT2D eigenvalue weighted by molar-refractivity contribution is 7.09. The average Bonchev–Trinajstić information content (AvgIpc) is 3.39. The maximum absolute atomic E-state index is 12.2. The van der Waals surface area contributed by atoms with Crippen molar-refractivity contribution in [3.8, 4) is 0 Å². The Kier molecular flexibility index (Phi) is 5.67. The minimum atomic E-state index is 0.0323. The smallest absolute Gasteiger partial charge is 0.220 e. The number of carbonyl (C=O) groups is 1. The van der Waals surface area contributed by atoms with Crippen LogP contribution in [-0.4, -0.2) is 47.1 Å². The van der Waals surface area contributed by atoms with Gasteiger partial charge in [0.15, 0.2) is 0 Å². The van der Waals surface area contributed by atoms with E-state index >= 15 is 0 Å². The number of nitrogens with one attached hydrogen (secondary N) is 1. The molecule has 27 heavy (non-hydrogen) atoms. The standard InChI is InChI=1S/C21H31N3O2S/c1-3-4-5-6-7-20(25)22-10-16-17-11-24(12-19-15(2)23-14-27-19)13-21(17)9-8-18(16)26-21/h3-4,14,16-18H,5-13H2,1-2H3,(H,22,25)/t16-,17+,18+,21+/m0/s1. The summed E-state index contributed by atoms with van der Waals surface area (Å²) in [5, 5.41) is 3.20. The Hall–Kier alpha value is -1.24. The van der Waals surface area contributed by atoms with Gasteiger partial charge in [-0.1, -0.05) is 12.2 Å². The lowest BCUT2D eigenvalue weighted by atomic mass is 9.73. The second kappa shape index (κ2) is 8.02. The summed E-state index contributed by atoms with van der Waals surface area (Å²) in [6, 6.07) is 0. The SMILES string of the molecule is CC=CCCCC(=O)NC[C@H]1[C@H]2CN(Cc3scnc3C)C[C@]23CC[C@H]1O3. The van der Waals surface area contributed by atoms with E-state index in [0.29, 0.717) is 24.4 Å². The second-order valence-electron chi connectivity index (χ2n) is 8.33. The molecule has 4 atom stereocenters. The van der Waals surface area contributed by atoms with E-state index in [2.05, 4.69) is 28.2 Å². The second-order valence-corrected chi connectivity index (χ2v) is 9.27. The van der Waals surface area contributed by atoms with Gasteiger partial charge in [-0.15, -0.1) is 11.3 Å². The molecule has 0 aliphatic carbocycles. The first-order chi connectivity index (χ1) is 13.1. The molecule has 3 saturated heterocycles. The first-order valence-electron chi connectivity index (χ1n) is 10.3. The lowest BCUT2D eigenvalue weighted by molar-refractivity contribution is -0.121. The first kappa shape index (κ1) is 19.1. The van der Waals surface area contributed by atoms with Crippen LogP contribution < -0.4 is 5.32 Å². The molecule has 3 fully saturated rings. The van der Waals surface area contributed by atoms with Gasteiger partial charge in [0, 0.05) is 49.3 Å². The van der Waals surface area contributed by atoms with Crippen molar-refractivity contribution in [1.82, 2.24) is 15.2 Å². The molecule has 1 spiro atoms. The molecule has 2 bridgehead atoms. The highest BCUT2D eigenvalue weighted by atomic mass is 32.1. The molecular formula is C21H31N3O2S. The zero-order chi connectivity index (χ0) is 18.9. The Morgan fingerprint density at radius 3 is 3.22 bits per heavy atom. The number of rotatable bonds is 8. The topological polar surface area (TPSA) is 54.5 Å². The molecule has 0 radical (unpaired) electrons. The van der Waals surface area contributed by atoms with Gasteiger partial charge in [0.05, 0.1) is 22.9 Å². The van der Waals surface area contributed by atoms with E-state index < -0.39 is 0 Å². The molecule has 5 nitrogen and oxygen atoms in total. The molecule has 3 aliphatic rings. The number of aryl methyl sites for hydroxylation is 1. The molecule has 6 heteroatoms. The Balaban J connectivity index is 1.31. The average molecular weight is 390 g/mol. The molecule has 1 aromatic rings. The monoisotopic (exact) mass is 389 g/mol. The van der Waals surface area contributed by atoms with Crippen LogP contribution in [0.1, 0.15) is 49.6 Å². The molecule has 4 heterocycles. The summed E-state index contributed by atoms with van der Waals surface area (Å²) in [4.78, 5) is 20.5. The Bertz CT molecular complexity index is 703. The number of hydrogen-bond donors (Lipinski definition) is 1. The quantitative estimate of drug-likeness (QED) is 0.548. The fourth-order valence-electron chi connectivity index (χ4n) is 5.23. The van der Waals surface area contributed by atoms with E-state index in [1.165, 1.54) is 11.3 Å². The van der Waals surface area contributed by atoms with Gasteiger partial charge in [0.25, 0.3) is 0 Å². The largest absolute Gasteiger partial charge is 0.370 e. The third-order valence-electron chi connectivity index (χ3n) is 6.61. The zero-order valence-corrected chi connectivity index (χ0v) is 17.3. The number of allylic oxidation sites excluding steroid dienone is 2. The Labute approximate surface area is 166 Å². The van der Waals surface area contributed by atoms with Crippen LogP contribution in [0, 0.1) is 18.8 Å². The fourth-order valence-corrected chi connectivity index (χ4v) is 6.05. The zero-order valence-electron chi connectivity index (χ0n) is 16.4. The van der Waals surface area contributed by atoms with Gasteiger partial charge in [-0.2, -0.15) is 0 Å². The lowest BCUT2D eigenvalue weighted by Crippen LogP contribution is -2.41. The predicted octanol–water partition coefficient (Wildman–Crippen LogP) is 3.29. The summed E-state index contributed by atoms with van der Waals surface area (Å²) in [7, 11) is 0. The van der Waals surface area contributed by atoms with Crippen molar-refractivity contribution in [3.63, 3.8) is 0 Å². The van der Waals surface area contributed by atoms with Gasteiger partial charge in [-0.05, 0) is 39.5 Å². The number of ether oxygens (including phenoxy) is 1. The Morgan fingerprint density at radius 2 is 2.44 bits per heavy atom. The molecule has 1 N–H and O–H groups in total. The number of amides is 1. The summed E-state index contributed by atoms with van der Waals surface area (Å²) in [6.45, 7) is 7.97. The molecule has 0 unspecified atom stereocenters. The van der Waals surface area contributed by atoms with Crippen molar-refractivity contribution >= 4 is 17.2 Å². The summed E-state index contributed by atoms with van der Waals surface area (Å²) in [6.07, 6.45) is 9.36. The van der Waals surface area contributed by atoms with Gasteiger partial charge in [-0.25, -0.2) is 4.98 Å². The van der Waals surface area contributed by atoms with Crippen LogP contribution >= 0.6 is 11.3 Å². The number of fused-ring (bicyclic) bond motifs is 1. The number of hydrogen-bond acceptors (Lipinski definition) is 5. The van der Waals surface area contributed by atoms with Crippen molar-refractivity contribution < 1.29 is 9.53 Å². The highest BCUT2D eigenvalue weighted by Crippen LogP contribution is 2.54. The minimum absolute atomic E-state index is 0.0323. The minimum Gasteiger partial charge on any atom is -0.370 e. The molecule has 0 saturated carbocycles. The number of aromatic nitrogens is 1. The van der Waals surface area contributed by atoms with Gasteiger partial charge in [-0.3, -0.25) is 9.69 Å². The Morgan fingerprint density at radius 1 is 1.56 bits per heavy atom. The molecule has 1 aromatic heterocycles. The van der Waals surface area contributed by atoms with Crippen molar-refractivity contribution in [1.29, 1.82) is 0 Å².